The average Bonchev–Trinajstić information content (AvgIpc) is 3.23. The molecule has 2 N–H and O–H groups in total. The largest absolute Gasteiger partial charge is 0.460 e. The zero-order valence-electron chi connectivity index (χ0n) is 36.1. The Labute approximate surface area is 404 Å². The SMILES string of the molecule is O=S(CCC(F)(F)C(F)(F)C(F)(F)C(F)(F)C(F)(F)C(F)(F)C(F)(F)C(F)(F)F)CC(O)COCCOCCOCCOCC(O)CS(=O)CCC(F)(F)C(F)(F)C(F)(F)C(F)(F)C(F)(F)C(F)(F)C(F)(F)C(F)(F)F. The summed E-state index contributed by atoms with van der Waals surface area (Å²) in [5.74, 6) is -123. The van der Waals surface area contributed by atoms with Crippen LogP contribution >= 0.6 is 0 Å². The zero-order valence-corrected chi connectivity index (χ0v) is 37.7. The number of hydrogen-bond acceptors (Lipinski definition) is 8. The highest BCUT2D eigenvalue weighted by molar-refractivity contribution is 7.85. The van der Waals surface area contributed by atoms with Crippen molar-refractivity contribution in [2.75, 3.05) is 75.9 Å². The van der Waals surface area contributed by atoms with E-state index >= 15 is 0 Å². The third-order valence-electron chi connectivity index (χ3n) is 9.35. The van der Waals surface area contributed by atoms with Crippen molar-refractivity contribution < 1.29 is 187 Å². The zero-order chi connectivity index (χ0) is 61.0. The number of halogens is 34. The summed E-state index contributed by atoms with van der Waals surface area (Å²) in [5.41, 5.74) is 0. The van der Waals surface area contributed by atoms with Crippen molar-refractivity contribution in [2.24, 2.45) is 0 Å². The minimum atomic E-state index is -8.84. The van der Waals surface area contributed by atoms with Gasteiger partial charge in [-0.2, -0.15) is 149 Å². The number of aliphatic hydroxyl groups is 2. The summed E-state index contributed by atoms with van der Waals surface area (Å²) in [7, 11) is -6.17. The van der Waals surface area contributed by atoms with E-state index in [2.05, 4.69) is 0 Å². The highest BCUT2D eigenvalue weighted by atomic mass is 32.2. The summed E-state index contributed by atoms with van der Waals surface area (Å²) in [6.07, 6.45) is -26.0. The molecule has 4 unspecified atom stereocenters. The first-order valence-electron chi connectivity index (χ1n) is 19.1. The van der Waals surface area contributed by atoms with Crippen LogP contribution in [0.5, 0.6) is 0 Å². The van der Waals surface area contributed by atoms with E-state index in [9.17, 15) is 168 Å². The second-order valence-corrected chi connectivity index (χ2v) is 18.3. The standard InChI is InChI=1S/C32H32F34O8S2/c33-17(34,19(37,38)21(41,42)23(45,46)25(49,50)27(53,54)29(57,58)31(61,62)63)1-9-75(69)13-15(67)11-73-7-5-71-3-4-72-6-8-74-12-16(68)14-76(70)10-2-18(35,36)20(39,40)22(43,44)24(47,48)26(51,52)28(55,56)30(59,60)32(64,65)66/h15-16,67-68H,1-14H2. The lowest BCUT2D eigenvalue weighted by atomic mass is 9.88. The van der Waals surface area contributed by atoms with Crippen molar-refractivity contribution in [3.8, 4) is 0 Å². The quantitative estimate of drug-likeness (QED) is 0.0477. The molecule has 0 saturated carbocycles. The minimum absolute atomic E-state index is 0.350. The van der Waals surface area contributed by atoms with Crippen molar-refractivity contribution in [2.45, 2.75) is 120 Å². The van der Waals surface area contributed by atoms with E-state index < -0.39 is 205 Å². The minimum Gasteiger partial charge on any atom is -0.390 e. The first kappa shape index (κ1) is 73.7. The fourth-order valence-corrected chi connectivity index (χ4v) is 7.23. The van der Waals surface area contributed by atoms with Gasteiger partial charge in [-0.15, -0.1) is 0 Å². The first-order valence-corrected chi connectivity index (χ1v) is 22.1. The van der Waals surface area contributed by atoms with Crippen LogP contribution < -0.4 is 0 Å². The molecule has 0 aromatic rings. The van der Waals surface area contributed by atoms with E-state index in [1.54, 1.807) is 0 Å². The van der Waals surface area contributed by atoms with E-state index in [1.807, 2.05) is 0 Å². The van der Waals surface area contributed by atoms with Crippen molar-refractivity contribution in [3.05, 3.63) is 0 Å². The molecule has 0 saturated heterocycles. The molecule has 76 heavy (non-hydrogen) atoms. The molecule has 8 nitrogen and oxygen atoms in total. The Bertz CT molecular complexity index is 1760. The lowest BCUT2D eigenvalue weighted by Crippen LogP contribution is -2.74. The van der Waals surface area contributed by atoms with E-state index in [0.717, 1.165) is 0 Å². The lowest BCUT2D eigenvalue weighted by Gasteiger charge is -2.42. The van der Waals surface area contributed by atoms with Gasteiger partial charge < -0.3 is 29.2 Å². The molecular formula is C32H32F34O8S2. The van der Waals surface area contributed by atoms with Crippen molar-refractivity contribution in [3.63, 3.8) is 0 Å². The van der Waals surface area contributed by atoms with Crippen LogP contribution in [0, 0.1) is 0 Å². The Balaban J connectivity index is 4.87. The molecule has 0 aromatic carbocycles. The third-order valence-corrected chi connectivity index (χ3v) is 12.2. The average molecular weight is 1250 g/mol. The Morgan fingerprint density at radius 3 is 0.684 bits per heavy atom. The van der Waals surface area contributed by atoms with Crippen LogP contribution in [0.1, 0.15) is 12.8 Å². The molecule has 44 heteroatoms. The van der Waals surface area contributed by atoms with Crippen LogP contribution in [0.4, 0.5) is 149 Å². The summed E-state index contributed by atoms with van der Waals surface area (Å²) in [6.45, 7) is -4.52. The third kappa shape index (κ3) is 14.2. The second-order valence-electron chi connectivity index (χ2n) is 15.1. The van der Waals surface area contributed by atoms with Gasteiger partial charge in [-0.25, -0.2) is 0 Å². The normalized spacial score (nSPS) is 17.3. The van der Waals surface area contributed by atoms with Crippen molar-refractivity contribution in [1.29, 1.82) is 0 Å². The number of rotatable bonds is 35. The van der Waals surface area contributed by atoms with Crippen molar-refractivity contribution >= 4 is 21.6 Å². The molecule has 0 amide bonds. The van der Waals surface area contributed by atoms with Crippen LogP contribution in [0.2, 0.25) is 0 Å². The molecule has 4 atom stereocenters. The number of alkyl halides is 34. The first-order chi connectivity index (χ1) is 33.3. The van der Waals surface area contributed by atoms with Gasteiger partial charge in [0.2, 0.25) is 0 Å². The summed E-state index contributed by atoms with van der Waals surface area (Å²) in [4.78, 5) is 0. The van der Waals surface area contributed by atoms with Gasteiger partial charge in [0.05, 0.1) is 76.6 Å². The second kappa shape index (κ2) is 24.4. The monoisotopic (exact) mass is 1250 g/mol. The molecule has 0 radical (unpaired) electrons. The van der Waals surface area contributed by atoms with E-state index in [1.165, 1.54) is 0 Å². The molecule has 0 aromatic heterocycles. The highest BCUT2D eigenvalue weighted by Crippen LogP contribution is 2.66. The summed E-state index contributed by atoms with van der Waals surface area (Å²) >= 11 is 0. The summed E-state index contributed by atoms with van der Waals surface area (Å²) in [5, 5.41) is 19.4. The van der Waals surface area contributed by atoms with E-state index in [0.29, 0.717) is 0 Å². The van der Waals surface area contributed by atoms with Gasteiger partial charge in [0.15, 0.2) is 0 Å². The fraction of sp³-hybridized carbons (Fsp3) is 1.00. The Morgan fingerprint density at radius 1 is 0.289 bits per heavy atom. The maximum Gasteiger partial charge on any atom is 0.460 e. The topological polar surface area (TPSA) is 112 Å². The van der Waals surface area contributed by atoms with Crippen LogP contribution in [-0.2, 0) is 40.5 Å². The Morgan fingerprint density at radius 2 is 0.474 bits per heavy atom. The summed E-state index contributed by atoms with van der Waals surface area (Å²) in [6, 6.07) is 0. The molecular weight excluding hydrogens is 1220 g/mol. The molecule has 0 bridgehead atoms. The van der Waals surface area contributed by atoms with Crippen LogP contribution in [0.15, 0.2) is 0 Å². The molecule has 0 rings (SSSR count). The van der Waals surface area contributed by atoms with Crippen molar-refractivity contribution in [1.82, 2.24) is 0 Å². The van der Waals surface area contributed by atoms with Gasteiger partial charge in [-0.1, -0.05) is 0 Å². The maximum atomic E-state index is 14.0. The van der Waals surface area contributed by atoms with Gasteiger partial charge in [-0.05, 0) is 0 Å². The maximum absolute atomic E-state index is 14.0. The molecule has 458 valence electrons. The predicted molar refractivity (Wildman–Crippen MR) is 182 cm³/mol. The Hall–Kier alpha value is -2.32. The summed E-state index contributed by atoms with van der Waals surface area (Å²) < 4.78 is 498. The molecule has 0 aliphatic rings. The number of aliphatic hydroxyl groups excluding tert-OH is 2. The van der Waals surface area contributed by atoms with Gasteiger partial charge in [0.25, 0.3) is 0 Å². The number of hydrogen-bond donors (Lipinski definition) is 2. The van der Waals surface area contributed by atoms with E-state index in [4.69, 9.17) is 18.9 Å². The predicted octanol–water partition coefficient (Wildman–Crippen LogP) is 10.1. The van der Waals surface area contributed by atoms with Gasteiger partial charge in [-0.3, -0.25) is 8.42 Å². The Kier molecular flexibility index (Phi) is 23.7. The van der Waals surface area contributed by atoms with Crippen LogP contribution in [0.3, 0.4) is 0 Å². The van der Waals surface area contributed by atoms with Crippen LogP contribution in [-0.4, -0.2) is 202 Å². The molecule has 0 heterocycles. The van der Waals surface area contributed by atoms with E-state index in [-0.39, 0.29) is 13.2 Å². The molecule has 0 fully saturated rings. The van der Waals surface area contributed by atoms with Gasteiger partial charge >= 0.3 is 95.3 Å². The molecule has 0 spiro atoms. The molecule has 0 aliphatic carbocycles. The fourth-order valence-electron chi connectivity index (χ4n) is 4.88. The van der Waals surface area contributed by atoms with Gasteiger partial charge in [0, 0.05) is 45.9 Å². The molecule has 0 aliphatic heterocycles. The van der Waals surface area contributed by atoms with Crippen LogP contribution in [0.25, 0.3) is 0 Å². The van der Waals surface area contributed by atoms with Gasteiger partial charge in [0.1, 0.15) is 0 Å². The number of ether oxygens (including phenoxy) is 4. The smallest absolute Gasteiger partial charge is 0.390 e. The highest BCUT2D eigenvalue weighted by Gasteiger charge is 2.97. The lowest BCUT2D eigenvalue weighted by molar-refractivity contribution is -0.461.